The van der Waals surface area contributed by atoms with Crippen LogP contribution in [-0.4, -0.2) is 34.1 Å². The van der Waals surface area contributed by atoms with E-state index in [4.69, 9.17) is 9.47 Å². The molecule has 1 rings (SSSR count). The molecule has 0 spiro atoms. The minimum absolute atomic E-state index is 0.0381. The second kappa shape index (κ2) is 6.53. The lowest BCUT2D eigenvalue weighted by Crippen LogP contribution is -2.38. The zero-order valence-corrected chi connectivity index (χ0v) is 11.9. The summed E-state index contributed by atoms with van der Waals surface area (Å²) in [4.78, 5) is 11.6. The lowest BCUT2D eigenvalue weighted by molar-refractivity contribution is -0.129. The highest BCUT2D eigenvalue weighted by Crippen LogP contribution is 2.16. The number of hydrogen-bond donors (Lipinski definition) is 1. The summed E-state index contributed by atoms with van der Waals surface area (Å²) in [5, 5.41) is 0. The molecular weight excluding hydrogens is 270 g/mol. The number of ether oxygens (including phenoxy) is 2. The molecule has 0 aliphatic heterocycles. The van der Waals surface area contributed by atoms with Crippen molar-refractivity contribution in [1.29, 1.82) is 0 Å². The summed E-state index contributed by atoms with van der Waals surface area (Å²) >= 11 is 0. The lowest BCUT2D eigenvalue weighted by Gasteiger charge is -2.12. The van der Waals surface area contributed by atoms with Crippen molar-refractivity contribution in [3.05, 3.63) is 24.3 Å². The van der Waals surface area contributed by atoms with Crippen LogP contribution in [0.2, 0.25) is 0 Å². The standard InChI is InChI=1S/C12H17NO5S/c1-4-18-9(2)12(14)13-19(15,16)11-7-5-6-10(8-11)17-3/h5-9H,4H2,1-3H3,(H,13,14). The molecule has 0 radical (unpaired) electrons. The topological polar surface area (TPSA) is 81.7 Å². The number of hydrogen-bond acceptors (Lipinski definition) is 5. The van der Waals surface area contributed by atoms with Crippen LogP contribution in [0.4, 0.5) is 0 Å². The summed E-state index contributed by atoms with van der Waals surface area (Å²) in [7, 11) is -2.48. The number of carbonyl (C=O) groups excluding carboxylic acids is 1. The fourth-order valence-electron chi connectivity index (χ4n) is 1.37. The molecule has 0 heterocycles. The van der Waals surface area contributed by atoms with E-state index in [9.17, 15) is 13.2 Å². The highest BCUT2D eigenvalue weighted by molar-refractivity contribution is 7.90. The number of carbonyl (C=O) groups is 1. The Bertz CT molecular complexity index is 541. The van der Waals surface area contributed by atoms with Crippen molar-refractivity contribution >= 4 is 15.9 Å². The molecule has 19 heavy (non-hydrogen) atoms. The van der Waals surface area contributed by atoms with Gasteiger partial charge in [0.05, 0.1) is 12.0 Å². The fourth-order valence-corrected chi connectivity index (χ4v) is 2.45. The molecule has 0 fully saturated rings. The number of amides is 1. The average molecular weight is 287 g/mol. The van der Waals surface area contributed by atoms with Crippen LogP contribution in [0, 0.1) is 0 Å². The first kappa shape index (κ1) is 15.5. The van der Waals surface area contributed by atoms with Gasteiger partial charge in [0.1, 0.15) is 11.9 Å². The van der Waals surface area contributed by atoms with Gasteiger partial charge in [0, 0.05) is 12.7 Å². The van der Waals surface area contributed by atoms with Gasteiger partial charge in [0.25, 0.3) is 15.9 Å². The third-order valence-electron chi connectivity index (χ3n) is 2.37. The summed E-state index contributed by atoms with van der Waals surface area (Å²) < 4.78 is 35.9. The quantitative estimate of drug-likeness (QED) is 0.841. The predicted octanol–water partition coefficient (Wildman–Crippen LogP) is 0.925. The average Bonchev–Trinajstić information content (AvgIpc) is 2.38. The monoisotopic (exact) mass is 287 g/mol. The Kier molecular flexibility index (Phi) is 5.31. The zero-order valence-electron chi connectivity index (χ0n) is 11.0. The number of rotatable bonds is 6. The van der Waals surface area contributed by atoms with Crippen molar-refractivity contribution in [2.45, 2.75) is 24.8 Å². The van der Waals surface area contributed by atoms with Crippen molar-refractivity contribution in [2.75, 3.05) is 13.7 Å². The molecule has 0 saturated carbocycles. The summed E-state index contributed by atoms with van der Waals surface area (Å²) in [6, 6.07) is 5.86. The lowest BCUT2D eigenvalue weighted by atomic mass is 10.3. The van der Waals surface area contributed by atoms with Crippen molar-refractivity contribution in [1.82, 2.24) is 4.72 Å². The molecule has 1 aromatic rings. The minimum atomic E-state index is -3.91. The maximum absolute atomic E-state index is 12.0. The molecule has 1 unspecified atom stereocenters. The largest absolute Gasteiger partial charge is 0.497 e. The first-order valence-electron chi connectivity index (χ1n) is 5.73. The molecule has 1 aromatic carbocycles. The smallest absolute Gasteiger partial charge is 0.264 e. The van der Waals surface area contributed by atoms with Gasteiger partial charge >= 0.3 is 0 Å². The highest BCUT2D eigenvalue weighted by Gasteiger charge is 2.22. The molecule has 0 aliphatic carbocycles. The SMILES string of the molecule is CCOC(C)C(=O)NS(=O)(=O)c1cccc(OC)c1. The van der Waals surface area contributed by atoms with Crippen LogP contribution >= 0.6 is 0 Å². The predicted molar refractivity (Wildman–Crippen MR) is 69.4 cm³/mol. The summed E-state index contributed by atoms with van der Waals surface area (Å²) in [6.07, 6.45) is -0.828. The molecular formula is C12H17NO5S. The molecule has 0 bridgehead atoms. The summed E-state index contributed by atoms with van der Waals surface area (Å²) in [5.41, 5.74) is 0. The van der Waals surface area contributed by atoms with Gasteiger partial charge in [-0.2, -0.15) is 0 Å². The first-order chi connectivity index (χ1) is 8.90. The third kappa shape index (κ3) is 4.22. The first-order valence-corrected chi connectivity index (χ1v) is 7.21. The number of benzene rings is 1. The third-order valence-corrected chi connectivity index (χ3v) is 3.72. The molecule has 7 heteroatoms. The summed E-state index contributed by atoms with van der Waals surface area (Å²) in [5.74, 6) is -0.308. The van der Waals surface area contributed by atoms with Gasteiger partial charge in [-0.3, -0.25) is 4.79 Å². The fraction of sp³-hybridized carbons (Fsp3) is 0.417. The van der Waals surface area contributed by atoms with Crippen LogP contribution in [-0.2, 0) is 19.6 Å². The normalized spacial score (nSPS) is 12.8. The van der Waals surface area contributed by atoms with E-state index in [0.29, 0.717) is 12.4 Å². The van der Waals surface area contributed by atoms with Crippen LogP contribution in [0.25, 0.3) is 0 Å². The van der Waals surface area contributed by atoms with E-state index in [2.05, 4.69) is 0 Å². The van der Waals surface area contributed by atoms with E-state index in [1.807, 2.05) is 4.72 Å². The zero-order chi connectivity index (χ0) is 14.5. The second-order valence-electron chi connectivity index (χ2n) is 3.75. The number of methoxy groups -OCH3 is 1. The van der Waals surface area contributed by atoms with Gasteiger partial charge in [0.15, 0.2) is 0 Å². The molecule has 0 aromatic heterocycles. The molecule has 1 atom stereocenters. The second-order valence-corrected chi connectivity index (χ2v) is 5.43. The maximum Gasteiger partial charge on any atom is 0.264 e. The van der Waals surface area contributed by atoms with E-state index in [1.54, 1.807) is 13.0 Å². The van der Waals surface area contributed by atoms with Gasteiger partial charge in [-0.15, -0.1) is 0 Å². The highest BCUT2D eigenvalue weighted by atomic mass is 32.2. The van der Waals surface area contributed by atoms with Crippen LogP contribution in [0.5, 0.6) is 5.75 Å². The molecule has 1 amide bonds. The number of nitrogens with one attached hydrogen (secondary N) is 1. The van der Waals surface area contributed by atoms with Gasteiger partial charge in [0.2, 0.25) is 0 Å². The van der Waals surface area contributed by atoms with E-state index in [-0.39, 0.29) is 4.90 Å². The van der Waals surface area contributed by atoms with Crippen LogP contribution < -0.4 is 9.46 Å². The van der Waals surface area contributed by atoms with Gasteiger partial charge in [-0.1, -0.05) is 6.07 Å². The van der Waals surface area contributed by atoms with Crippen molar-refractivity contribution in [3.63, 3.8) is 0 Å². The van der Waals surface area contributed by atoms with E-state index in [0.717, 1.165) is 0 Å². The molecule has 106 valence electrons. The van der Waals surface area contributed by atoms with Crippen molar-refractivity contribution in [2.24, 2.45) is 0 Å². The van der Waals surface area contributed by atoms with E-state index < -0.39 is 22.0 Å². The van der Waals surface area contributed by atoms with Crippen molar-refractivity contribution in [3.8, 4) is 5.75 Å². The molecule has 1 N–H and O–H groups in total. The Morgan fingerprint density at radius 3 is 2.68 bits per heavy atom. The number of sulfonamides is 1. The molecule has 6 nitrogen and oxygen atoms in total. The van der Waals surface area contributed by atoms with E-state index >= 15 is 0 Å². The Labute approximate surface area is 112 Å². The van der Waals surface area contributed by atoms with Gasteiger partial charge < -0.3 is 9.47 Å². The Morgan fingerprint density at radius 1 is 1.42 bits per heavy atom. The Hall–Kier alpha value is -1.60. The molecule has 0 saturated heterocycles. The van der Waals surface area contributed by atoms with Crippen LogP contribution in [0.15, 0.2) is 29.2 Å². The summed E-state index contributed by atoms with van der Waals surface area (Å²) in [6.45, 7) is 3.54. The minimum Gasteiger partial charge on any atom is -0.497 e. The van der Waals surface area contributed by atoms with Crippen molar-refractivity contribution < 1.29 is 22.7 Å². The molecule has 0 aliphatic rings. The van der Waals surface area contributed by atoms with Gasteiger partial charge in [-0.25, -0.2) is 13.1 Å². The van der Waals surface area contributed by atoms with Crippen LogP contribution in [0.3, 0.4) is 0 Å². The Morgan fingerprint density at radius 2 is 2.11 bits per heavy atom. The Balaban J connectivity index is 2.89. The van der Waals surface area contributed by atoms with Crippen LogP contribution in [0.1, 0.15) is 13.8 Å². The van der Waals surface area contributed by atoms with Gasteiger partial charge in [-0.05, 0) is 26.0 Å². The van der Waals surface area contributed by atoms with E-state index in [1.165, 1.54) is 32.2 Å². The maximum atomic E-state index is 12.0.